The molecule has 8 heteroatoms. The third-order valence-corrected chi connectivity index (χ3v) is 4.51. The number of nitrogens with zero attached hydrogens (tertiary/aromatic N) is 1. The summed E-state index contributed by atoms with van der Waals surface area (Å²) in [5.41, 5.74) is -1.29. The van der Waals surface area contributed by atoms with Gasteiger partial charge in [-0.3, -0.25) is 9.59 Å². The number of benzene rings is 1. The van der Waals surface area contributed by atoms with Crippen LogP contribution in [0, 0.1) is 5.41 Å². The number of rotatable bonds is 3. The number of H-pyrrole nitrogens is 1. The second-order valence-corrected chi connectivity index (χ2v) is 6.01. The number of alkyl halides is 3. The number of carbonyl (C=O) groups is 2. The van der Waals surface area contributed by atoms with E-state index in [1.165, 1.54) is 6.07 Å². The molecular formula is C17H15F3N2O3. The Morgan fingerprint density at radius 2 is 1.80 bits per heavy atom. The van der Waals surface area contributed by atoms with E-state index in [-0.39, 0.29) is 12.2 Å². The number of carbonyl (C=O) groups excluding carboxylic acids is 1. The van der Waals surface area contributed by atoms with Gasteiger partial charge in [0.2, 0.25) is 0 Å². The Hall–Kier alpha value is -2.77. The van der Waals surface area contributed by atoms with Crippen molar-refractivity contribution in [2.75, 3.05) is 13.1 Å². The van der Waals surface area contributed by atoms with Crippen LogP contribution in [0.1, 0.15) is 16.9 Å². The van der Waals surface area contributed by atoms with Gasteiger partial charge >= 0.3 is 12.1 Å². The second kappa shape index (κ2) is 5.94. The fourth-order valence-corrected chi connectivity index (χ4v) is 2.99. The van der Waals surface area contributed by atoms with E-state index in [0.29, 0.717) is 5.69 Å². The minimum atomic E-state index is -4.92. The van der Waals surface area contributed by atoms with Crippen LogP contribution in [0.5, 0.6) is 0 Å². The van der Waals surface area contributed by atoms with Crippen molar-refractivity contribution in [1.82, 2.24) is 9.88 Å². The number of halogens is 3. The molecular weight excluding hydrogens is 337 g/mol. The van der Waals surface area contributed by atoms with Gasteiger partial charge in [0.05, 0.1) is 0 Å². The number of nitrogens with one attached hydrogen (secondary N) is 1. The van der Waals surface area contributed by atoms with Crippen LogP contribution in [0.2, 0.25) is 0 Å². The van der Waals surface area contributed by atoms with Gasteiger partial charge in [0.25, 0.3) is 5.91 Å². The Balaban J connectivity index is 1.81. The lowest BCUT2D eigenvalue weighted by atomic mass is 9.86. The average Bonchev–Trinajstić information content (AvgIpc) is 3.22. The molecule has 1 fully saturated rings. The largest absolute Gasteiger partial charge is 0.481 e. The van der Waals surface area contributed by atoms with Crippen molar-refractivity contribution in [3.8, 4) is 11.3 Å². The maximum Gasteiger partial charge on any atom is 0.406 e. The van der Waals surface area contributed by atoms with Gasteiger partial charge in [-0.1, -0.05) is 30.3 Å². The van der Waals surface area contributed by atoms with E-state index in [9.17, 15) is 22.8 Å². The van der Waals surface area contributed by atoms with E-state index in [0.717, 1.165) is 10.5 Å². The SMILES string of the molecule is O=C(c1ccc(-c2ccccc2)[nH]1)N1CCC(C(=O)O)(C(F)(F)F)C1. The lowest BCUT2D eigenvalue weighted by molar-refractivity contribution is -0.227. The number of aromatic nitrogens is 1. The summed E-state index contributed by atoms with van der Waals surface area (Å²) >= 11 is 0. The van der Waals surface area contributed by atoms with Gasteiger partial charge in [0, 0.05) is 18.8 Å². The van der Waals surface area contributed by atoms with Crippen LogP contribution in [-0.4, -0.2) is 46.1 Å². The lowest BCUT2D eigenvalue weighted by Gasteiger charge is -2.27. The van der Waals surface area contributed by atoms with Gasteiger partial charge in [-0.2, -0.15) is 13.2 Å². The van der Waals surface area contributed by atoms with E-state index in [2.05, 4.69) is 4.98 Å². The third-order valence-electron chi connectivity index (χ3n) is 4.51. The first kappa shape index (κ1) is 17.1. The molecule has 5 nitrogen and oxygen atoms in total. The number of hydrogen-bond donors (Lipinski definition) is 2. The van der Waals surface area contributed by atoms with Crippen LogP contribution in [0.15, 0.2) is 42.5 Å². The van der Waals surface area contributed by atoms with E-state index < -0.39 is 36.4 Å². The first-order valence-corrected chi connectivity index (χ1v) is 7.58. The molecule has 132 valence electrons. The Labute approximate surface area is 141 Å². The molecule has 1 aliphatic heterocycles. The van der Waals surface area contributed by atoms with Crippen LogP contribution in [-0.2, 0) is 4.79 Å². The maximum absolute atomic E-state index is 13.2. The average molecular weight is 352 g/mol. The molecule has 1 aromatic heterocycles. The maximum atomic E-state index is 13.2. The minimum absolute atomic E-state index is 0.127. The Morgan fingerprint density at radius 1 is 1.12 bits per heavy atom. The fourth-order valence-electron chi connectivity index (χ4n) is 2.99. The number of hydrogen-bond acceptors (Lipinski definition) is 2. The van der Waals surface area contributed by atoms with Gasteiger partial charge in [-0.25, -0.2) is 0 Å². The van der Waals surface area contributed by atoms with Crippen LogP contribution in [0.3, 0.4) is 0 Å². The molecule has 0 spiro atoms. The number of amides is 1. The summed E-state index contributed by atoms with van der Waals surface area (Å²) in [4.78, 5) is 27.5. The number of aliphatic carboxylic acids is 1. The molecule has 1 amide bonds. The topological polar surface area (TPSA) is 73.4 Å². The minimum Gasteiger partial charge on any atom is -0.481 e. The highest BCUT2D eigenvalue weighted by atomic mass is 19.4. The third kappa shape index (κ3) is 2.88. The number of likely N-dealkylation sites (tertiary alicyclic amines) is 1. The fraction of sp³-hybridized carbons (Fsp3) is 0.294. The van der Waals surface area contributed by atoms with E-state index in [1.54, 1.807) is 6.07 Å². The molecule has 1 aliphatic rings. The van der Waals surface area contributed by atoms with Crippen molar-refractivity contribution < 1.29 is 27.9 Å². The Bertz CT molecular complexity index is 801. The molecule has 2 heterocycles. The predicted molar refractivity (Wildman–Crippen MR) is 82.9 cm³/mol. The first-order valence-electron chi connectivity index (χ1n) is 7.58. The highest BCUT2D eigenvalue weighted by molar-refractivity contribution is 5.94. The molecule has 0 aliphatic carbocycles. The normalized spacial score (nSPS) is 20.7. The molecule has 0 bridgehead atoms. The van der Waals surface area contributed by atoms with Crippen LogP contribution >= 0.6 is 0 Å². The van der Waals surface area contributed by atoms with Crippen molar-refractivity contribution in [3.63, 3.8) is 0 Å². The molecule has 1 unspecified atom stereocenters. The number of aromatic amines is 1. The van der Waals surface area contributed by atoms with Gasteiger partial charge < -0.3 is 15.0 Å². The predicted octanol–water partition coefficient (Wildman–Crippen LogP) is 3.16. The lowest BCUT2D eigenvalue weighted by Crippen LogP contribution is -2.47. The highest BCUT2D eigenvalue weighted by Crippen LogP contribution is 2.46. The van der Waals surface area contributed by atoms with Crippen LogP contribution in [0.4, 0.5) is 13.2 Å². The number of carboxylic acids is 1. The molecule has 3 rings (SSSR count). The molecule has 0 saturated carbocycles. The van der Waals surface area contributed by atoms with Gasteiger partial charge in [-0.15, -0.1) is 0 Å². The summed E-state index contributed by atoms with van der Waals surface area (Å²) in [6, 6.07) is 12.3. The van der Waals surface area contributed by atoms with Crippen molar-refractivity contribution >= 4 is 11.9 Å². The Kier molecular flexibility index (Phi) is 4.06. The van der Waals surface area contributed by atoms with E-state index in [4.69, 9.17) is 5.11 Å². The highest BCUT2D eigenvalue weighted by Gasteiger charge is 2.64. The van der Waals surface area contributed by atoms with Gasteiger partial charge in [-0.05, 0) is 24.1 Å². The quantitative estimate of drug-likeness (QED) is 0.891. The zero-order valence-corrected chi connectivity index (χ0v) is 13.0. The van der Waals surface area contributed by atoms with Crippen molar-refractivity contribution in [2.24, 2.45) is 5.41 Å². The summed E-state index contributed by atoms with van der Waals surface area (Å²) in [5.74, 6) is -2.60. The molecule has 25 heavy (non-hydrogen) atoms. The molecule has 2 aromatic rings. The monoisotopic (exact) mass is 352 g/mol. The Morgan fingerprint density at radius 3 is 2.36 bits per heavy atom. The molecule has 1 atom stereocenters. The summed E-state index contributed by atoms with van der Waals surface area (Å²) in [6.07, 6.45) is -5.57. The molecule has 2 N–H and O–H groups in total. The molecule has 1 aromatic carbocycles. The zero-order chi connectivity index (χ0) is 18.2. The van der Waals surface area contributed by atoms with Gasteiger partial charge in [0.1, 0.15) is 5.69 Å². The summed E-state index contributed by atoms with van der Waals surface area (Å²) in [6.45, 7) is -1.14. The summed E-state index contributed by atoms with van der Waals surface area (Å²) in [7, 11) is 0. The summed E-state index contributed by atoms with van der Waals surface area (Å²) in [5, 5.41) is 9.06. The van der Waals surface area contributed by atoms with E-state index >= 15 is 0 Å². The van der Waals surface area contributed by atoms with E-state index in [1.807, 2.05) is 30.3 Å². The van der Waals surface area contributed by atoms with Crippen LogP contribution < -0.4 is 0 Å². The zero-order valence-electron chi connectivity index (χ0n) is 13.0. The van der Waals surface area contributed by atoms with Crippen molar-refractivity contribution in [2.45, 2.75) is 12.6 Å². The van der Waals surface area contributed by atoms with Gasteiger partial charge in [0.15, 0.2) is 5.41 Å². The first-order chi connectivity index (χ1) is 11.7. The standard InChI is InChI=1S/C17H15F3N2O3/c18-17(19,20)16(15(24)25)8-9-22(10-16)14(23)13-7-6-12(21-13)11-4-2-1-3-5-11/h1-7,21H,8-10H2,(H,24,25). The smallest absolute Gasteiger partial charge is 0.406 e. The van der Waals surface area contributed by atoms with Crippen molar-refractivity contribution in [1.29, 1.82) is 0 Å². The van der Waals surface area contributed by atoms with Crippen LogP contribution in [0.25, 0.3) is 11.3 Å². The van der Waals surface area contributed by atoms with Crippen molar-refractivity contribution in [3.05, 3.63) is 48.2 Å². The summed E-state index contributed by atoms with van der Waals surface area (Å²) < 4.78 is 39.6. The molecule has 1 saturated heterocycles. The second-order valence-electron chi connectivity index (χ2n) is 6.01. The molecule has 0 radical (unpaired) electrons. The number of carboxylic acid groups (broad SMARTS) is 1.